The molecule has 1 aromatic heterocycles. The van der Waals surface area contributed by atoms with Gasteiger partial charge in [-0.1, -0.05) is 12.1 Å². The third kappa shape index (κ3) is 7.04. The van der Waals surface area contributed by atoms with Gasteiger partial charge in [0.25, 0.3) is 0 Å². The topological polar surface area (TPSA) is 96.5 Å². The smallest absolute Gasteiger partial charge is 0.378 e. The lowest BCUT2D eigenvalue weighted by molar-refractivity contribution is -0.137. The van der Waals surface area contributed by atoms with Crippen LogP contribution >= 0.6 is 0 Å². The lowest BCUT2D eigenvalue weighted by Gasteiger charge is -2.28. The predicted molar refractivity (Wildman–Crippen MR) is 110 cm³/mol. The molecule has 8 nitrogen and oxygen atoms in total. The van der Waals surface area contributed by atoms with Crippen molar-refractivity contribution in [3.8, 4) is 0 Å². The van der Waals surface area contributed by atoms with Gasteiger partial charge in [-0.15, -0.1) is 0 Å². The molecule has 0 aliphatic carbocycles. The van der Waals surface area contributed by atoms with Crippen LogP contribution in [0, 0.1) is 6.92 Å². The van der Waals surface area contributed by atoms with Gasteiger partial charge in [0.1, 0.15) is 17.5 Å². The molecule has 0 saturated carbocycles. The number of aromatic nitrogens is 2. The van der Waals surface area contributed by atoms with E-state index in [9.17, 15) is 21.6 Å². The predicted octanol–water partition coefficient (Wildman–Crippen LogP) is 2.17. The fraction of sp³-hybridized carbons (Fsp3) is 0.474. The molecule has 0 radical (unpaired) electrons. The molecule has 0 atom stereocenters. The molecule has 3 rings (SSSR count). The van der Waals surface area contributed by atoms with E-state index in [0.29, 0.717) is 24.9 Å². The first kappa shape index (κ1) is 23.2. The Morgan fingerprint density at radius 3 is 2.42 bits per heavy atom. The van der Waals surface area contributed by atoms with Gasteiger partial charge in [-0.05, 0) is 24.6 Å². The summed E-state index contributed by atoms with van der Waals surface area (Å²) in [6, 6.07) is 5.87. The van der Waals surface area contributed by atoms with Crippen LogP contribution in [-0.2, 0) is 26.7 Å². The van der Waals surface area contributed by atoms with E-state index in [-0.39, 0.29) is 18.7 Å². The van der Waals surface area contributed by atoms with Crippen molar-refractivity contribution in [2.24, 2.45) is 0 Å². The summed E-state index contributed by atoms with van der Waals surface area (Å²) in [5.74, 6) is 1.55. The number of alkyl halides is 3. The highest BCUT2D eigenvalue weighted by Gasteiger charge is 2.30. The zero-order valence-electron chi connectivity index (χ0n) is 16.9. The number of benzene rings is 1. The van der Waals surface area contributed by atoms with Crippen LogP contribution in [0.5, 0.6) is 0 Å². The number of morpholine rings is 1. The molecule has 0 bridgehead atoms. The molecule has 0 amide bonds. The molecule has 1 aliphatic heterocycles. The van der Waals surface area contributed by atoms with E-state index < -0.39 is 27.5 Å². The molecular weight excluding hydrogens is 435 g/mol. The first-order valence-electron chi connectivity index (χ1n) is 9.68. The van der Waals surface area contributed by atoms with Crippen LogP contribution in [0.25, 0.3) is 0 Å². The summed E-state index contributed by atoms with van der Waals surface area (Å²) >= 11 is 0. The van der Waals surface area contributed by atoms with Crippen molar-refractivity contribution in [1.82, 2.24) is 14.7 Å². The van der Waals surface area contributed by atoms with Gasteiger partial charge < -0.3 is 15.0 Å². The summed E-state index contributed by atoms with van der Waals surface area (Å²) in [4.78, 5) is 10.8. The Bertz CT molecular complexity index is 978. The number of sulfonamides is 1. The molecule has 12 heteroatoms. The first-order valence-corrected chi connectivity index (χ1v) is 11.3. The van der Waals surface area contributed by atoms with Crippen molar-refractivity contribution in [3.05, 3.63) is 47.3 Å². The van der Waals surface area contributed by atoms with Gasteiger partial charge in [0.2, 0.25) is 10.0 Å². The quantitative estimate of drug-likeness (QED) is 0.584. The minimum atomic E-state index is -4.46. The number of hydrogen-bond acceptors (Lipinski definition) is 7. The highest BCUT2D eigenvalue weighted by atomic mass is 32.2. The van der Waals surface area contributed by atoms with E-state index in [2.05, 4.69) is 24.9 Å². The summed E-state index contributed by atoms with van der Waals surface area (Å²) in [6.07, 6.45) is -4.46. The Hall–Kier alpha value is -2.44. The number of hydrogen-bond donors (Lipinski definition) is 2. The van der Waals surface area contributed by atoms with Crippen molar-refractivity contribution in [2.75, 3.05) is 49.6 Å². The van der Waals surface area contributed by atoms with E-state index >= 15 is 0 Å². The maximum Gasteiger partial charge on any atom is 0.416 e. The molecule has 31 heavy (non-hydrogen) atoms. The van der Waals surface area contributed by atoms with E-state index in [1.165, 1.54) is 0 Å². The Morgan fingerprint density at radius 1 is 1.10 bits per heavy atom. The number of nitrogens with zero attached hydrogens (tertiary/aromatic N) is 3. The molecule has 1 aliphatic rings. The third-order valence-corrected chi connectivity index (χ3v) is 5.91. The second kappa shape index (κ2) is 9.79. The van der Waals surface area contributed by atoms with Crippen LogP contribution in [-0.4, -0.2) is 57.8 Å². The summed E-state index contributed by atoms with van der Waals surface area (Å²) in [7, 11) is -3.70. The zero-order chi connectivity index (χ0) is 22.5. The molecule has 2 aromatic rings. The number of halogens is 3. The molecule has 1 saturated heterocycles. The van der Waals surface area contributed by atoms with Crippen LogP contribution < -0.4 is 14.9 Å². The minimum absolute atomic E-state index is 0.0961. The van der Waals surface area contributed by atoms with E-state index in [0.717, 1.165) is 43.2 Å². The highest BCUT2D eigenvalue weighted by molar-refractivity contribution is 7.88. The normalized spacial score (nSPS) is 15.2. The fourth-order valence-electron chi connectivity index (χ4n) is 3.05. The lowest BCUT2D eigenvalue weighted by atomic mass is 10.1. The average molecular weight is 459 g/mol. The third-order valence-electron chi connectivity index (χ3n) is 4.55. The van der Waals surface area contributed by atoms with Crippen LogP contribution in [0.3, 0.4) is 0 Å². The number of ether oxygens (including phenoxy) is 1. The number of rotatable bonds is 8. The number of anilines is 2. The van der Waals surface area contributed by atoms with Crippen molar-refractivity contribution in [2.45, 2.75) is 18.9 Å². The molecule has 2 N–H and O–H groups in total. The monoisotopic (exact) mass is 459 g/mol. The summed E-state index contributed by atoms with van der Waals surface area (Å²) in [6.45, 7) is 4.89. The first-order chi connectivity index (χ1) is 14.6. The number of nitrogens with one attached hydrogen (secondary N) is 2. The lowest BCUT2D eigenvalue weighted by Crippen LogP contribution is -2.37. The molecule has 0 unspecified atom stereocenters. The second-order valence-electron chi connectivity index (χ2n) is 7.03. The van der Waals surface area contributed by atoms with E-state index in [1.54, 1.807) is 13.0 Å². The van der Waals surface area contributed by atoms with Crippen LogP contribution in [0.2, 0.25) is 0 Å². The standard InChI is InChI=1S/C19H24F3N5O3S/c1-14-25-17(12-18(26-14)27-8-10-30-11-9-27)23-6-7-24-31(28,29)13-15-2-4-16(5-3-15)19(20,21)22/h2-5,12,24H,6-11,13H2,1H3,(H,23,25,26). The molecule has 170 valence electrons. The van der Waals surface area contributed by atoms with Crippen molar-refractivity contribution in [1.29, 1.82) is 0 Å². The van der Waals surface area contributed by atoms with Gasteiger partial charge in [-0.2, -0.15) is 13.2 Å². The minimum Gasteiger partial charge on any atom is -0.378 e. The van der Waals surface area contributed by atoms with Crippen molar-refractivity contribution >= 4 is 21.7 Å². The molecule has 0 spiro atoms. The highest BCUT2D eigenvalue weighted by Crippen LogP contribution is 2.29. The average Bonchev–Trinajstić information content (AvgIpc) is 2.71. The van der Waals surface area contributed by atoms with Crippen molar-refractivity contribution in [3.63, 3.8) is 0 Å². The van der Waals surface area contributed by atoms with Gasteiger partial charge in [0, 0.05) is 32.2 Å². The van der Waals surface area contributed by atoms with Crippen LogP contribution in [0.15, 0.2) is 30.3 Å². The fourth-order valence-corrected chi connectivity index (χ4v) is 4.20. The van der Waals surface area contributed by atoms with Gasteiger partial charge in [0.15, 0.2) is 0 Å². The van der Waals surface area contributed by atoms with E-state index in [4.69, 9.17) is 4.74 Å². The summed E-state index contributed by atoms with van der Waals surface area (Å²) in [5, 5.41) is 3.06. The Balaban J connectivity index is 1.50. The largest absolute Gasteiger partial charge is 0.416 e. The van der Waals surface area contributed by atoms with Gasteiger partial charge in [0.05, 0.1) is 24.5 Å². The SMILES string of the molecule is Cc1nc(NCCNS(=O)(=O)Cc2ccc(C(F)(F)F)cc2)cc(N2CCOCC2)n1. The number of aryl methyl sites for hydroxylation is 1. The molecular formula is C19H24F3N5O3S. The second-order valence-corrected chi connectivity index (χ2v) is 8.84. The maximum atomic E-state index is 12.6. The van der Waals surface area contributed by atoms with Crippen molar-refractivity contribution < 1.29 is 26.3 Å². The summed E-state index contributed by atoms with van der Waals surface area (Å²) in [5.41, 5.74) is -0.544. The zero-order valence-corrected chi connectivity index (χ0v) is 17.8. The Kier molecular flexibility index (Phi) is 7.34. The van der Waals surface area contributed by atoms with Gasteiger partial charge >= 0.3 is 6.18 Å². The van der Waals surface area contributed by atoms with Gasteiger partial charge in [-0.3, -0.25) is 0 Å². The van der Waals surface area contributed by atoms with Crippen LogP contribution in [0.4, 0.5) is 24.8 Å². The van der Waals surface area contributed by atoms with Crippen LogP contribution in [0.1, 0.15) is 17.0 Å². The summed E-state index contributed by atoms with van der Waals surface area (Å²) < 4.78 is 70.0. The Labute approximate surface area is 178 Å². The van der Waals surface area contributed by atoms with Gasteiger partial charge in [-0.25, -0.2) is 23.1 Å². The molecule has 1 aromatic carbocycles. The van der Waals surface area contributed by atoms with E-state index in [1.807, 2.05) is 0 Å². The molecule has 2 heterocycles. The Morgan fingerprint density at radius 2 is 1.77 bits per heavy atom. The maximum absolute atomic E-state index is 12.6. The molecule has 1 fully saturated rings.